The summed E-state index contributed by atoms with van der Waals surface area (Å²) in [6.45, 7) is 4.53. The summed E-state index contributed by atoms with van der Waals surface area (Å²) in [6.07, 6.45) is 13.4. The molecule has 0 bridgehead atoms. The minimum absolute atomic E-state index is 0.332. The lowest BCUT2D eigenvalue weighted by Gasteiger charge is -2.08. The molecule has 0 atom stereocenters. The first-order chi connectivity index (χ1) is 14.6. The summed E-state index contributed by atoms with van der Waals surface area (Å²) in [7, 11) is 1.94. The quantitative estimate of drug-likeness (QED) is 0.416. The highest BCUT2D eigenvalue weighted by Crippen LogP contribution is 2.30. The van der Waals surface area contributed by atoms with Gasteiger partial charge in [0.2, 0.25) is 4.96 Å². The van der Waals surface area contributed by atoms with Gasteiger partial charge >= 0.3 is 0 Å². The average Bonchev–Trinajstić information content (AvgIpc) is 3.50. The number of fused-ring (bicyclic) bond motifs is 2. The maximum absolute atomic E-state index is 8.74. The number of aromatic nitrogens is 5. The van der Waals surface area contributed by atoms with Crippen molar-refractivity contribution in [3.8, 4) is 16.5 Å². The van der Waals surface area contributed by atoms with E-state index in [1.54, 1.807) is 17.5 Å². The highest BCUT2D eigenvalue weighted by Gasteiger charge is 2.21. The molecule has 8 heteroatoms. The van der Waals surface area contributed by atoms with Crippen LogP contribution in [0, 0.1) is 24.1 Å². The molecule has 1 aromatic carbocycles. The Labute approximate surface area is 181 Å². The second-order valence-electron chi connectivity index (χ2n) is 8.22. The Kier molecular flexibility index (Phi) is 6.19. The topological polar surface area (TPSA) is 71.8 Å². The maximum atomic E-state index is 8.74. The van der Waals surface area contributed by atoms with Gasteiger partial charge in [-0.15, -0.1) is 0 Å². The first-order valence-electron chi connectivity index (χ1n) is 10.7. The number of nitriles is 1. The third kappa shape index (κ3) is 4.41. The monoisotopic (exact) mass is 418 g/mol. The van der Waals surface area contributed by atoms with Crippen LogP contribution in [0.15, 0.2) is 30.7 Å². The Balaban J connectivity index is 0.000000170. The van der Waals surface area contributed by atoms with E-state index in [-0.39, 0.29) is 0 Å². The van der Waals surface area contributed by atoms with Crippen LogP contribution >= 0.6 is 11.3 Å². The summed E-state index contributed by atoms with van der Waals surface area (Å²) in [5.41, 5.74) is 3.34. The molecule has 6 nitrogen and oxygen atoms in total. The Bertz CT molecular complexity index is 1150. The third-order valence-electron chi connectivity index (χ3n) is 5.90. The van der Waals surface area contributed by atoms with E-state index in [9.17, 15) is 0 Å². The minimum Gasteiger partial charge on any atom is -0.275 e. The van der Waals surface area contributed by atoms with Crippen LogP contribution in [0.4, 0.5) is 0 Å². The number of hydrogen-bond donors (Lipinski definition) is 0. The van der Waals surface area contributed by atoms with Gasteiger partial charge in [0.05, 0.1) is 11.7 Å². The van der Waals surface area contributed by atoms with E-state index in [4.69, 9.17) is 5.26 Å². The Hall–Kier alpha value is -2.66. The summed E-state index contributed by atoms with van der Waals surface area (Å²) >= 11 is 1.59. The van der Waals surface area contributed by atoms with Crippen LogP contribution in [-0.2, 0) is 7.05 Å². The van der Waals surface area contributed by atoms with Crippen molar-refractivity contribution >= 4 is 33.9 Å². The molecular formula is C22H27BN6S. The van der Waals surface area contributed by atoms with Crippen LogP contribution < -0.4 is 0 Å². The van der Waals surface area contributed by atoms with E-state index in [0.29, 0.717) is 6.71 Å². The van der Waals surface area contributed by atoms with Crippen molar-refractivity contribution in [1.29, 1.82) is 5.26 Å². The molecule has 5 rings (SSSR count). The summed E-state index contributed by atoms with van der Waals surface area (Å²) < 4.78 is 3.65. The molecular weight excluding hydrogens is 391 g/mol. The first-order valence-corrected chi connectivity index (χ1v) is 11.5. The molecule has 3 heterocycles. The molecule has 154 valence electrons. The zero-order chi connectivity index (χ0) is 21.1. The van der Waals surface area contributed by atoms with Crippen LogP contribution in [0.5, 0.6) is 0 Å². The van der Waals surface area contributed by atoms with Gasteiger partial charge in [0.15, 0.2) is 0 Å². The van der Waals surface area contributed by atoms with E-state index in [1.165, 1.54) is 31.2 Å². The van der Waals surface area contributed by atoms with E-state index < -0.39 is 0 Å². The van der Waals surface area contributed by atoms with Gasteiger partial charge in [-0.05, 0) is 30.5 Å². The van der Waals surface area contributed by atoms with Crippen LogP contribution in [0.3, 0.4) is 0 Å². The molecule has 1 saturated carbocycles. The van der Waals surface area contributed by atoms with Gasteiger partial charge in [-0.1, -0.05) is 56.6 Å². The van der Waals surface area contributed by atoms with E-state index in [1.807, 2.05) is 28.6 Å². The number of hydrogen-bond acceptors (Lipinski definition) is 5. The van der Waals surface area contributed by atoms with Crippen molar-refractivity contribution in [2.24, 2.45) is 13.0 Å². The molecule has 0 unspecified atom stereocenters. The van der Waals surface area contributed by atoms with Crippen molar-refractivity contribution in [3.63, 3.8) is 0 Å². The molecule has 1 aliphatic carbocycles. The predicted molar refractivity (Wildman–Crippen MR) is 124 cm³/mol. The summed E-state index contributed by atoms with van der Waals surface area (Å²) in [5.74, 6) is 3.25. The average molecular weight is 418 g/mol. The highest BCUT2D eigenvalue weighted by atomic mass is 32.1. The number of rotatable bonds is 4. The van der Waals surface area contributed by atoms with Crippen molar-refractivity contribution in [2.75, 3.05) is 0 Å². The van der Waals surface area contributed by atoms with Crippen molar-refractivity contribution in [2.45, 2.75) is 52.2 Å². The smallest absolute Gasteiger partial charge is 0.267 e. The van der Waals surface area contributed by atoms with Crippen molar-refractivity contribution in [3.05, 3.63) is 36.3 Å². The molecule has 1 fully saturated rings. The van der Waals surface area contributed by atoms with E-state index >= 15 is 0 Å². The van der Waals surface area contributed by atoms with Gasteiger partial charge in [0, 0.05) is 36.4 Å². The maximum Gasteiger partial charge on any atom is 0.267 e. The zero-order valence-corrected chi connectivity index (χ0v) is 18.7. The lowest BCUT2D eigenvalue weighted by Crippen LogP contribution is -2.12. The molecule has 3 aromatic heterocycles. The summed E-state index contributed by atoms with van der Waals surface area (Å²) in [4.78, 5) is 5.17. The largest absolute Gasteiger partial charge is 0.275 e. The Morgan fingerprint density at radius 2 is 2.07 bits per heavy atom. The SMILES string of the molecule is CCB(C#N)CC1CCCC1.Cc1cc(-c2nn3ccnc3s2)cc2cn(C)nc12. The van der Waals surface area contributed by atoms with Crippen LogP contribution in [0.25, 0.3) is 26.4 Å². The highest BCUT2D eigenvalue weighted by molar-refractivity contribution is 7.19. The fourth-order valence-electron chi connectivity index (χ4n) is 4.27. The number of aryl methyl sites for hydroxylation is 2. The van der Waals surface area contributed by atoms with Gasteiger partial charge in [-0.3, -0.25) is 4.68 Å². The van der Waals surface area contributed by atoms with Crippen LogP contribution in [0.2, 0.25) is 12.6 Å². The summed E-state index contributed by atoms with van der Waals surface area (Å²) in [6, 6.07) is 4.27. The zero-order valence-electron chi connectivity index (χ0n) is 17.9. The Morgan fingerprint density at radius 1 is 1.27 bits per heavy atom. The van der Waals surface area contributed by atoms with Gasteiger partial charge in [0.25, 0.3) is 6.71 Å². The fourth-order valence-corrected chi connectivity index (χ4v) is 5.11. The van der Waals surface area contributed by atoms with Gasteiger partial charge in [-0.2, -0.15) is 10.2 Å². The molecule has 0 radical (unpaired) electrons. The van der Waals surface area contributed by atoms with Crippen LogP contribution in [-0.4, -0.2) is 31.1 Å². The van der Waals surface area contributed by atoms with E-state index in [0.717, 1.165) is 45.0 Å². The number of imidazole rings is 1. The number of nitrogens with zero attached hydrogens (tertiary/aromatic N) is 6. The molecule has 0 aliphatic heterocycles. The van der Waals surface area contributed by atoms with Crippen molar-refractivity contribution in [1.82, 2.24) is 24.4 Å². The second kappa shape index (κ2) is 9.01. The molecule has 4 aromatic rings. The van der Waals surface area contributed by atoms with Gasteiger partial charge < -0.3 is 0 Å². The van der Waals surface area contributed by atoms with Gasteiger partial charge in [-0.25, -0.2) is 14.8 Å². The molecule has 0 N–H and O–H groups in total. The lowest BCUT2D eigenvalue weighted by molar-refractivity contribution is 0.606. The van der Waals surface area contributed by atoms with Gasteiger partial charge in [0.1, 0.15) is 5.01 Å². The lowest BCUT2D eigenvalue weighted by atomic mass is 9.45. The fraction of sp³-hybridized carbons (Fsp3) is 0.455. The van der Waals surface area contributed by atoms with E-state index in [2.05, 4.69) is 47.1 Å². The second-order valence-corrected chi connectivity index (χ2v) is 9.17. The predicted octanol–water partition coefficient (Wildman–Crippen LogP) is 5.41. The Morgan fingerprint density at radius 3 is 2.77 bits per heavy atom. The molecule has 30 heavy (non-hydrogen) atoms. The molecule has 0 saturated heterocycles. The minimum atomic E-state index is 0.332. The molecule has 0 amide bonds. The number of benzene rings is 1. The normalized spacial score (nSPS) is 14.1. The molecule has 1 aliphatic rings. The standard InChI is InChI=1S/C13H11N5S.C9H16BN/c1-8-5-9(6-10-7-17(2)15-11(8)10)12-16-18-4-3-14-13(18)19-12;1-2-10(8-11)7-9-5-3-4-6-9/h3-7H,1-2H3;9H,2-7H2,1H3. The first kappa shape index (κ1) is 20.6. The van der Waals surface area contributed by atoms with Crippen LogP contribution in [0.1, 0.15) is 38.2 Å². The van der Waals surface area contributed by atoms with Crippen molar-refractivity contribution < 1.29 is 0 Å². The third-order valence-corrected chi connectivity index (χ3v) is 6.89. The molecule has 0 spiro atoms. The summed E-state index contributed by atoms with van der Waals surface area (Å²) in [5, 5.41) is 19.9.